The quantitative estimate of drug-likeness (QED) is 0.383. The molecule has 6 heteroatoms. The zero-order valence-electron chi connectivity index (χ0n) is 20.0. The number of aromatic nitrogens is 2. The van der Waals surface area contributed by atoms with Gasteiger partial charge in [0, 0.05) is 22.2 Å². The normalized spacial score (nSPS) is 17.9. The Morgan fingerprint density at radius 2 is 1.97 bits per heavy atom. The Morgan fingerprint density at radius 1 is 1.12 bits per heavy atom. The van der Waals surface area contributed by atoms with Crippen molar-refractivity contribution in [3.05, 3.63) is 65.7 Å². The van der Waals surface area contributed by atoms with Gasteiger partial charge >= 0.3 is 0 Å². The van der Waals surface area contributed by atoms with Crippen LogP contribution in [0, 0.1) is 18.8 Å². The van der Waals surface area contributed by atoms with Gasteiger partial charge in [0.1, 0.15) is 6.61 Å². The minimum Gasteiger partial charge on any atom is -0.475 e. The summed E-state index contributed by atoms with van der Waals surface area (Å²) in [5, 5.41) is 3.66. The molecule has 4 bridgehead atoms. The number of aryl methyl sites for hydroxylation is 1. The summed E-state index contributed by atoms with van der Waals surface area (Å²) in [6.07, 6.45) is 8.17. The van der Waals surface area contributed by atoms with Gasteiger partial charge in [-0.05, 0) is 79.3 Å². The fourth-order valence-electron chi connectivity index (χ4n) is 4.29. The molecule has 5 rings (SSSR count). The van der Waals surface area contributed by atoms with Gasteiger partial charge in [-0.15, -0.1) is 0 Å². The molecule has 0 spiro atoms. The standard InChI is InChI=1S/C28H32N4OS/c1-18(2)14-23-17-33-26-16-25(27-19(3)6-4-7-21(27)13-12-20-10-11-20)30-28(31-26)32-34-24-9-5-8-22(15-24)29-23/h4-9,12-13,15-16,18,20,23,29H,10-11,14,17H2,1-3H3,(H,30,31,32)/b13-12+. The van der Waals surface area contributed by atoms with Crippen LogP contribution in [0.2, 0.25) is 0 Å². The highest BCUT2D eigenvalue weighted by Crippen LogP contribution is 2.35. The molecule has 2 heterocycles. The van der Waals surface area contributed by atoms with E-state index in [0.717, 1.165) is 34.2 Å². The van der Waals surface area contributed by atoms with Gasteiger partial charge in [-0.25, -0.2) is 4.98 Å². The first-order valence-electron chi connectivity index (χ1n) is 12.1. The average molecular weight is 473 g/mol. The highest BCUT2D eigenvalue weighted by molar-refractivity contribution is 8.00. The summed E-state index contributed by atoms with van der Waals surface area (Å²) < 4.78 is 9.61. The van der Waals surface area contributed by atoms with Gasteiger partial charge in [0.05, 0.1) is 11.7 Å². The molecular formula is C28H32N4OS. The Bertz CT molecular complexity index is 1190. The third-order valence-electron chi connectivity index (χ3n) is 6.09. The van der Waals surface area contributed by atoms with Crippen molar-refractivity contribution in [3.63, 3.8) is 0 Å². The molecule has 1 aliphatic heterocycles. The predicted octanol–water partition coefficient (Wildman–Crippen LogP) is 7.21. The van der Waals surface area contributed by atoms with Gasteiger partial charge in [-0.3, -0.25) is 4.72 Å². The van der Waals surface area contributed by atoms with Crippen molar-refractivity contribution in [2.45, 2.75) is 51.0 Å². The van der Waals surface area contributed by atoms with Crippen LogP contribution >= 0.6 is 11.9 Å². The van der Waals surface area contributed by atoms with Crippen molar-refractivity contribution < 1.29 is 4.74 Å². The first kappa shape index (κ1) is 22.8. The van der Waals surface area contributed by atoms with Crippen LogP contribution < -0.4 is 14.8 Å². The minimum absolute atomic E-state index is 0.185. The van der Waals surface area contributed by atoms with Crippen LogP contribution in [0.25, 0.3) is 17.3 Å². The van der Waals surface area contributed by atoms with Crippen LogP contribution in [0.3, 0.4) is 0 Å². The van der Waals surface area contributed by atoms with Crippen LogP contribution in [0.15, 0.2) is 59.5 Å². The van der Waals surface area contributed by atoms with Crippen LogP contribution in [-0.2, 0) is 0 Å². The SMILES string of the molecule is Cc1cccc(/C=C/C2CC2)c1-c1cc2nc(n1)NSc1cccc(c1)NC(CC(C)C)CO2. The number of nitrogens with zero attached hydrogens (tertiary/aromatic N) is 2. The van der Waals surface area contributed by atoms with Crippen molar-refractivity contribution in [1.82, 2.24) is 9.97 Å². The van der Waals surface area contributed by atoms with Crippen LogP contribution in [0.5, 0.6) is 5.88 Å². The Kier molecular flexibility index (Phi) is 6.77. The number of rotatable bonds is 5. The van der Waals surface area contributed by atoms with Crippen LogP contribution in [-0.4, -0.2) is 22.6 Å². The van der Waals surface area contributed by atoms with Crippen LogP contribution in [0.4, 0.5) is 11.6 Å². The van der Waals surface area contributed by atoms with E-state index in [-0.39, 0.29) is 6.04 Å². The molecule has 2 aromatic carbocycles. The summed E-state index contributed by atoms with van der Waals surface area (Å²) >= 11 is 1.51. The summed E-state index contributed by atoms with van der Waals surface area (Å²) in [7, 11) is 0. The fraction of sp³-hybridized carbons (Fsp3) is 0.357. The van der Waals surface area contributed by atoms with Gasteiger partial charge in [0.2, 0.25) is 11.8 Å². The lowest BCUT2D eigenvalue weighted by atomic mass is 9.98. The molecule has 0 radical (unpaired) electrons. The first-order valence-corrected chi connectivity index (χ1v) is 12.9. The van der Waals surface area contributed by atoms with E-state index in [1.807, 2.05) is 6.07 Å². The van der Waals surface area contributed by atoms with Crippen LogP contribution in [0.1, 0.15) is 44.2 Å². The third-order valence-corrected chi connectivity index (χ3v) is 6.86. The average Bonchev–Trinajstić information content (AvgIpc) is 3.64. The van der Waals surface area contributed by atoms with E-state index in [1.165, 1.54) is 35.9 Å². The summed E-state index contributed by atoms with van der Waals surface area (Å²) in [6, 6.07) is 17.0. The van der Waals surface area contributed by atoms with Gasteiger partial charge in [-0.1, -0.05) is 50.3 Å². The summed E-state index contributed by atoms with van der Waals surface area (Å²) in [6.45, 7) is 7.15. The molecule has 2 N–H and O–H groups in total. The second-order valence-electron chi connectivity index (χ2n) is 9.66. The number of nitrogens with one attached hydrogen (secondary N) is 2. The van der Waals surface area contributed by atoms with Gasteiger partial charge in [0.15, 0.2) is 0 Å². The van der Waals surface area contributed by atoms with E-state index in [1.54, 1.807) is 0 Å². The maximum atomic E-state index is 6.27. The van der Waals surface area contributed by atoms with E-state index in [0.29, 0.717) is 24.4 Å². The van der Waals surface area contributed by atoms with E-state index in [9.17, 15) is 0 Å². The zero-order valence-corrected chi connectivity index (χ0v) is 20.9. The molecule has 1 unspecified atom stereocenters. The Labute approximate surface area is 206 Å². The molecule has 1 saturated carbocycles. The maximum Gasteiger partial charge on any atom is 0.237 e. The van der Waals surface area contributed by atoms with Crippen molar-refractivity contribution in [2.75, 3.05) is 16.6 Å². The van der Waals surface area contributed by atoms with Crippen molar-refractivity contribution >= 4 is 29.7 Å². The molecule has 176 valence electrons. The highest BCUT2D eigenvalue weighted by atomic mass is 32.2. The predicted molar refractivity (Wildman–Crippen MR) is 142 cm³/mol. The molecule has 1 atom stereocenters. The number of ether oxygens (including phenoxy) is 1. The number of anilines is 2. The highest BCUT2D eigenvalue weighted by Gasteiger charge is 2.19. The lowest BCUT2D eigenvalue weighted by molar-refractivity contribution is 0.271. The Balaban J connectivity index is 1.53. The second-order valence-corrected chi connectivity index (χ2v) is 10.5. The van der Waals surface area contributed by atoms with E-state index in [4.69, 9.17) is 9.72 Å². The number of fused-ring (bicyclic) bond motifs is 4. The monoisotopic (exact) mass is 472 g/mol. The van der Waals surface area contributed by atoms with Crippen molar-refractivity contribution in [3.8, 4) is 17.1 Å². The molecule has 2 aliphatic rings. The lowest BCUT2D eigenvalue weighted by Gasteiger charge is -2.23. The van der Waals surface area contributed by atoms with E-state index >= 15 is 0 Å². The molecule has 0 saturated heterocycles. The summed E-state index contributed by atoms with van der Waals surface area (Å²) in [4.78, 5) is 10.7. The zero-order chi connectivity index (χ0) is 23.5. The fourth-order valence-corrected chi connectivity index (χ4v) is 4.93. The smallest absolute Gasteiger partial charge is 0.237 e. The summed E-state index contributed by atoms with van der Waals surface area (Å²) in [5.74, 6) is 2.42. The molecule has 5 nitrogen and oxygen atoms in total. The topological polar surface area (TPSA) is 59.1 Å². The van der Waals surface area contributed by atoms with Gasteiger partial charge < -0.3 is 10.1 Å². The third kappa shape index (κ3) is 5.73. The first-order chi connectivity index (χ1) is 16.5. The Morgan fingerprint density at radius 3 is 2.79 bits per heavy atom. The molecule has 1 aliphatic carbocycles. The van der Waals surface area contributed by atoms with E-state index in [2.05, 4.69) is 90.4 Å². The molecule has 0 amide bonds. The second kappa shape index (κ2) is 10.1. The number of benzene rings is 2. The molecule has 34 heavy (non-hydrogen) atoms. The minimum atomic E-state index is 0.185. The lowest BCUT2D eigenvalue weighted by Crippen LogP contribution is -2.29. The van der Waals surface area contributed by atoms with Crippen molar-refractivity contribution in [2.24, 2.45) is 11.8 Å². The largest absolute Gasteiger partial charge is 0.475 e. The van der Waals surface area contributed by atoms with Crippen molar-refractivity contribution in [1.29, 1.82) is 0 Å². The number of hydrogen-bond acceptors (Lipinski definition) is 6. The Hall–Kier alpha value is -2.99. The number of allylic oxidation sites excluding steroid dienone is 1. The molecular weight excluding hydrogens is 440 g/mol. The number of hydrogen-bond donors (Lipinski definition) is 2. The van der Waals surface area contributed by atoms with E-state index < -0.39 is 0 Å². The maximum absolute atomic E-state index is 6.27. The van der Waals surface area contributed by atoms with Gasteiger partial charge in [0.25, 0.3) is 0 Å². The van der Waals surface area contributed by atoms with Gasteiger partial charge in [-0.2, -0.15) is 4.98 Å². The molecule has 1 fully saturated rings. The molecule has 1 aromatic heterocycles. The summed E-state index contributed by atoms with van der Waals surface area (Å²) in [5.41, 5.74) is 5.48. The molecule has 3 aromatic rings.